The van der Waals surface area contributed by atoms with Crippen molar-refractivity contribution in [1.82, 2.24) is 9.62 Å². The molecule has 22 heavy (non-hydrogen) atoms. The summed E-state index contributed by atoms with van der Waals surface area (Å²) in [6.45, 7) is 10.2. The van der Waals surface area contributed by atoms with E-state index in [0.29, 0.717) is 30.6 Å². The molecule has 0 radical (unpaired) electrons. The van der Waals surface area contributed by atoms with Crippen LogP contribution in [0.5, 0.6) is 0 Å². The van der Waals surface area contributed by atoms with Crippen molar-refractivity contribution in [3.8, 4) is 0 Å². The van der Waals surface area contributed by atoms with Gasteiger partial charge in [0.05, 0.1) is 5.75 Å². The van der Waals surface area contributed by atoms with Crippen LogP contribution in [0.15, 0.2) is 0 Å². The minimum absolute atomic E-state index is 0.224. The van der Waals surface area contributed by atoms with Crippen LogP contribution < -0.4 is 5.32 Å². The summed E-state index contributed by atoms with van der Waals surface area (Å²) in [6.07, 6.45) is 7.11. The van der Waals surface area contributed by atoms with Crippen molar-refractivity contribution in [2.45, 2.75) is 78.3 Å². The van der Waals surface area contributed by atoms with E-state index in [1.54, 1.807) is 11.2 Å². The Balaban J connectivity index is 1.74. The number of nitrogens with zero attached hydrogens (tertiary/aromatic N) is 1. The highest BCUT2D eigenvalue weighted by atomic mass is 32.2. The van der Waals surface area contributed by atoms with Crippen molar-refractivity contribution < 1.29 is 8.42 Å². The number of sulfonamides is 1. The van der Waals surface area contributed by atoms with E-state index < -0.39 is 10.0 Å². The second-order valence-corrected chi connectivity index (χ2v) is 10.4. The zero-order valence-corrected chi connectivity index (χ0v) is 15.6. The molecule has 1 N–H and O–H groups in total. The lowest BCUT2D eigenvalue weighted by Gasteiger charge is -2.39. The predicted molar refractivity (Wildman–Crippen MR) is 92.4 cm³/mol. The Kier molecular flexibility index (Phi) is 5.95. The maximum Gasteiger partial charge on any atom is 0.213 e. The molecule has 4 nitrogen and oxygen atoms in total. The van der Waals surface area contributed by atoms with Crippen LogP contribution in [0.2, 0.25) is 0 Å². The van der Waals surface area contributed by atoms with Gasteiger partial charge in [-0.1, -0.05) is 20.8 Å². The van der Waals surface area contributed by atoms with E-state index >= 15 is 0 Å². The van der Waals surface area contributed by atoms with Gasteiger partial charge in [-0.2, -0.15) is 0 Å². The highest BCUT2D eigenvalue weighted by molar-refractivity contribution is 7.89. The largest absolute Gasteiger partial charge is 0.311 e. The molecular weight excluding hydrogens is 296 g/mol. The zero-order chi connectivity index (χ0) is 16.4. The lowest BCUT2D eigenvalue weighted by atomic mass is 9.71. The van der Waals surface area contributed by atoms with Gasteiger partial charge in [-0.25, -0.2) is 12.7 Å². The molecule has 0 amide bonds. The Morgan fingerprint density at radius 2 is 1.45 bits per heavy atom. The van der Waals surface area contributed by atoms with Gasteiger partial charge >= 0.3 is 0 Å². The van der Waals surface area contributed by atoms with Gasteiger partial charge in [0.25, 0.3) is 0 Å². The highest BCUT2D eigenvalue weighted by Crippen LogP contribution is 2.38. The first-order valence-corrected chi connectivity index (χ1v) is 10.6. The molecule has 0 aromatic rings. The smallest absolute Gasteiger partial charge is 0.213 e. The Bertz CT molecular complexity index is 440. The molecule has 1 heterocycles. The average Bonchev–Trinajstić information content (AvgIpc) is 2.47. The molecule has 0 bridgehead atoms. The molecule has 2 fully saturated rings. The molecule has 1 saturated heterocycles. The fourth-order valence-electron chi connectivity index (χ4n) is 3.94. The number of nitrogens with one attached hydrogen (secondary N) is 1. The van der Waals surface area contributed by atoms with Gasteiger partial charge in [-0.3, -0.25) is 0 Å². The lowest BCUT2D eigenvalue weighted by molar-refractivity contribution is 0.150. The molecular formula is C17H34N2O2S. The van der Waals surface area contributed by atoms with Crippen LogP contribution in [0.1, 0.15) is 66.2 Å². The molecule has 2 aliphatic rings. The summed E-state index contributed by atoms with van der Waals surface area (Å²) in [7, 11) is -3.00. The van der Waals surface area contributed by atoms with Crippen LogP contribution in [-0.4, -0.2) is 43.6 Å². The minimum Gasteiger partial charge on any atom is -0.311 e. The highest BCUT2D eigenvalue weighted by Gasteiger charge is 2.32. The molecule has 0 unspecified atom stereocenters. The second kappa shape index (κ2) is 7.18. The first-order chi connectivity index (χ1) is 10.2. The van der Waals surface area contributed by atoms with Crippen molar-refractivity contribution in [3.63, 3.8) is 0 Å². The summed E-state index contributed by atoms with van der Waals surface area (Å²) < 4.78 is 25.4. The van der Waals surface area contributed by atoms with Crippen LogP contribution in [0.4, 0.5) is 0 Å². The van der Waals surface area contributed by atoms with E-state index in [0.717, 1.165) is 18.8 Å². The van der Waals surface area contributed by atoms with E-state index in [1.807, 2.05) is 0 Å². The fourth-order valence-corrected chi connectivity index (χ4v) is 5.07. The maximum absolute atomic E-state index is 11.9. The summed E-state index contributed by atoms with van der Waals surface area (Å²) in [5.41, 5.74) is 0.435. The van der Waals surface area contributed by atoms with Crippen molar-refractivity contribution in [3.05, 3.63) is 0 Å². The van der Waals surface area contributed by atoms with E-state index in [9.17, 15) is 8.42 Å². The summed E-state index contributed by atoms with van der Waals surface area (Å²) in [4.78, 5) is 0. The van der Waals surface area contributed by atoms with Gasteiger partial charge in [-0.05, 0) is 56.8 Å². The molecule has 1 saturated carbocycles. The van der Waals surface area contributed by atoms with E-state index in [2.05, 4.69) is 26.1 Å². The van der Waals surface area contributed by atoms with E-state index in [4.69, 9.17) is 0 Å². The first kappa shape index (κ1) is 18.2. The van der Waals surface area contributed by atoms with Crippen LogP contribution in [0, 0.1) is 11.3 Å². The first-order valence-electron chi connectivity index (χ1n) is 8.96. The van der Waals surface area contributed by atoms with E-state index in [1.165, 1.54) is 25.7 Å². The minimum atomic E-state index is -3.00. The van der Waals surface area contributed by atoms with Crippen molar-refractivity contribution in [2.75, 3.05) is 18.8 Å². The predicted octanol–water partition coefficient (Wildman–Crippen LogP) is 3.00. The quantitative estimate of drug-likeness (QED) is 0.862. The Labute approximate surface area is 137 Å². The Morgan fingerprint density at radius 3 is 1.91 bits per heavy atom. The molecule has 0 atom stereocenters. The third-order valence-electron chi connectivity index (χ3n) is 5.64. The third kappa shape index (κ3) is 4.68. The van der Waals surface area contributed by atoms with Crippen molar-refractivity contribution >= 4 is 10.0 Å². The second-order valence-electron chi connectivity index (χ2n) is 8.16. The van der Waals surface area contributed by atoms with Crippen molar-refractivity contribution in [2.24, 2.45) is 11.3 Å². The van der Waals surface area contributed by atoms with Gasteiger partial charge in [0, 0.05) is 25.2 Å². The third-order valence-corrected chi connectivity index (χ3v) is 7.52. The van der Waals surface area contributed by atoms with Gasteiger partial charge < -0.3 is 5.32 Å². The van der Waals surface area contributed by atoms with E-state index in [-0.39, 0.29) is 5.75 Å². The van der Waals surface area contributed by atoms with Crippen LogP contribution in [0.3, 0.4) is 0 Å². The van der Waals surface area contributed by atoms with Gasteiger partial charge in [0.1, 0.15) is 0 Å². The standard InChI is InChI=1S/C17H34N2O2S/c1-5-22(20,21)19-12-10-16(11-13-19)18-15-8-6-14(7-9-15)17(2,3)4/h14-16,18H,5-13H2,1-4H3. The monoisotopic (exact) mass is 330 g/mol. The summed E-state index contributed by atoms with van der Waals surface area (Å²) in [5.74, 6) is 1.07. The SMILES string of the molecule is CCS(=O)(=O)N1CCC(NC2CCC(C(C)(C)C)CC2)CC1. The molecule has 0 spiro atoms. The summed E-state index contributed by atoms with van der Waals surface area (Å²) in [5, 5.41) is 3.80. The maximum atomic E-state index is 11.9. The summed E-state index contributed by atoms with van der Waals surface area (Å²) in [6, 6.07) is 1.14. The van der Waals surface area contributed by atoms with Crippen LogP contribution in [-0.2, 0) is 10.0 Å². The van der Waals surface area contributed by atoms with Gasteiger partial charge in [-0.15, -0.1) is 0 Å². The Hall–Kier alpha value is -0.130. The Morgan fingerprint density at radius 1 is 0.955 bits per heavy atom. The van der Waals surface area contributed by atoms with Gasteiger partial charge in [0.15, 0.2) is 0 Å². The fraction of sp³-hybridized carbons (Fsp3) is 1.00. The molecule has 0 aromatic carbocycles. The number of rotatable bonds is 4. The molecule has 1 aliphatic carbocycles. The molecule has 5 heteroatoms. The number of hydrogen-bond acceptors (Lipinski definition) is 3. The average molecular weight is 331 g/mol. The molecule has 0 aromatic heterocycles. The normalized spacial score (nSPS) is 29.6. The van der Waals surface area contributed by atoms with Crippen LogP contribution in [0.25, 0.3) is 0 Å². The summed E-state index contributed by atoms with van der Waals surface area (Å²) >= 11 is 0. The van der Waals surface area contributed by atoms with Crippen molar-refractivity contribution in [1.29, 1.82) is 0 Å². The number of hydrogen-bond donors (Lipinski definition) is 1. The van der Waals surface area contributed by atoms with Gasteiger partial charge in [0.2, 0.25) is 10.0 Å². The molecule has 1 aliphatic heterocycles. The van der Waals surface area contributed by atoms with Crippen LogP contribution >= 0.6 is 0 Å². The molecule has 130 valence electrons. The number of piperidine rings is 1. The molecule has 2 rings (SSSR count). The topological polar surface area (TPSA) is 49.4 Å². The zero-order valence-electron chi connectivity index (χ0n) is 14.8. The lowest BCUT2D eigenvalue weighted by Crippen LogP contribution is -2.49.